The zero-order valence-corrected chi connectivity index (χ0v) is 11.7. The van der Waals surface area contributed by atoms with E-state index in [4.69, 9.17) is 0 Å². The van der Waals surface area contributed by atoms with E-state index >= 15 is 0 Å². The Labute approximate surface area is 118 Å². The molecule has 0 radical (unpaired) electrons. The van der Waals surface area contributed by atoms with E-state index in [1.807, 2.05) is 36.0 Å². The molecule has 1 unspecified atom stereocenters. The molecule has 102 valence electrons. The Morgan fingerprint density at radius 1 is 1.10 bits per heavy atom. The highest BCUT2D eigenvalue weighted by molar-refractivity contribution is 5.75. The Hall–Kier alpha value is -2.20. The summed E-state index contributed by atoms with van der Waals surface area (Å²) >= 11 is 0. The summed E-state index contributed by atoms with van der Waals surface area (Å²) in [5.41, 5.74) is 4.27. The molecule has 3 rings (SSSR count). The van der Waals surface area contributed by atoms with E-state index in [2.05, 4.69) is 46.8 Å². The first-order chi connectivity index (χ1) is 9.83. The maximum atomic E-state index is 4.23. The van der Waals surface area contributed by atoms with Gasteiger partial charge in [0.2, 0.25) is 0 Å². The molecule has 0 aliphatic heterocycles. The largest absolute Gasteiger partial charge is 0.313 e. The van der Waals surface area contributed by atoms with Gasteiger partial charge in [-0.3, -0.25) is 0 Å². The lowest BCUT2D eigenvalue weighted by Gasteiger charge is -2.14. The third kappa shape index (κ3) is 2.18. The van der Waals surface area contributed by atoms with Crippen molar-refractivity contribution >= 4 is 11.0 Å². The minimum absolute atomic E-state index is 0.400. The van der Waals surface area contributed by atoms with Crippen molar-refractivity contribution in [2.75, 3.05) is 7.05 Å². The average molecular weight is 266 g/mol. The number of benzene rings is 2. The molecule has 0 spiro atoms. The Kier molecular flexibility index (Phi) is 3.48. The number of nitrogens with zero attached hydrogens (tertiary/aromatic N) is 3. The molecule has 0 saturated carbocycles. The first-order valence-corrected chi connectivity index (χ1v) is 6.91. The van der Waals surface area contributed by atoms with Gasteiger partial charge in [0.25, 0.3) is 0 Å². The highest BCUT2D eigenvalue weighted by atomic mass is 15.4. The van der Waals surface area contributed by atoms with E-state index in [9.17, 15) is 0 Å². The number of fused-ring (bicyclic) bond motifs is 1. The van der Waals surface area contributed by atoms with Gasteiger partial charge in [-0.15, -0.1) is 5.10 Å². The van der Waals surface area contributed by atoms with Crippen LogP contribution in [-0.2, 0) is 0 Å². The van der Waals surface area contributed by atoms with Crippen molar-refractivity contribution in [3.8, 4) is 5.69 Å². The van der Waals surface area contributed by atoms with Crippen LogP contribution in [-0.4, -0.2) is 22.0 Å². The van der Waals surface area contributed by atoms with Gasteiger partial charge in [-0.2, -0.15) is 0 Å². The van der Waals surface area contributed by atoms with Gasteiger partial charge in [0, 0.05) is 6.04 Å². The van der Waals surface area contributed by atoms with E-state index in [-0.39, 0.29) is 0 Å². The highest BCUT2D eigenvalue weighted by Crippen LogP contribution is 2.20. The van der Waals surface area contributed by atoms with Crippen molar-refractivity contribution in [3.05, 3.63) is 54.1 Å². The van der Waals surface area contributed by atoms with E-state index in [0.717, 1.165) is 23.1 Å². The van der Waals surface area contributed by atoms with Crippen LogP contribution >= 0.6 is 0 Å². The molecule has 2 aromatic carbocycles. The average Bonchev–Trinajstić information content (AvgIpc) is 2.93. The predicted octanol–water partition coefficient (Wildman–Crippen LogP) is 3.09. The summed E-state index contributed by atoms with van der Waals surface area (Å²) in [6, 6.07) is 16.9. The molecule has 1 heterocycles. The van der Waals surface area contributed by atoms with Gasteiger partial charge in [-0.25, -0.2) is 4.68 Å². The SMILES string of the molecule is CCC(NC)c1ccc(-n2nnc3ccccc32)cc1. The predicted molar refractivity (Wildman–Crippen MR) is 81.0 cm³/mol. The normalized spacial score (nSPS) is 12.7. The molecule has 4 heteroatoms. The smallest absolute Gasteiger partial charge is 0.113 e. The summed E-state index contributed by atoms with van der Waals surface area (Å²) in [6.45, 7) is 2.18. The molecular formula is C16H18N4. The van der Waals surface area contributed by atoms with Crippen molar-refractivity contribution in [2.24, 2.45) is 0 Å². The zero-order chi connectivity index (χ0) is 13.9. The maximum Gasteiger partial charge on any atom is 0.113 e. The molecule has 0 bridgehead atoms. The Morgan fingerprint density at radius 2 is 1.85 bits per heavy atom. The molecule has 4 nitrogen and oxygen atoms in total. The summed E-state index contributed by atoms with van der Waals surface area (Å²) < 4.78 is 1.87. The van der Waals surface area contributed by atoms with Gasteiger partial charge in [0.15, 0.2) is 0 Å². The highest BCUT2D eigenvalue weighted by Gasteiger charge is 2.08. The summed E-state index contributed by atoms with van der Waals surface area (Å²) in [7, 11) is 1.99. The molecule has 0 fully saturated rings. The van der Waals surface area contributed by atoms with Gasteiger partial charge in [0.05, 0.1) is 11.2 Å². The maximum absolute atomic E-state index is 4.23. The van der Waals surface area contributed by atoms with Gasteiger partial charge in [0.1, 0.15) is 5.52 Å². The lowest BCUT2D eigenvalue weighted by Crippen LogP contribution is -2.15. The third-order valence-corrected chi connectivity index (χ3v) is 3.65. The van der Waals surface area contributed by atoms with Crippen LogP contribution in [0.3, 0.4) is 0 Å². The quantitative estimate of drug-likeness (QED) is 0.789. The van der Waals surface area contributed by atoms with Crippen molar-refractivity contribution in [3.63, 3.8) is 0 Å². The number of aromatic nitrogens is 3. The minimum atomic E-state index is 0.400. The lowest BCUT2D eigenvalue weighted by molar-refractivity contribution is 0.577. The molecule has 1 N–H and O–H groups in total. The summed E-state index contributed by atoms with van der Waals surface area (Å²) in [6.07, 6.45) is 1.07. The van der Waals surface area contributed by atoms with Gasteiger partial charge in [-0.05, 0) is 43.3 Å². The van der Waals surface area contributed by atoms with E-state index < -0.39 is 0 Å². The second kappa shape index (κ2) is 5.43. The second-order valence-electron chi connectivity index (χ2n) is 4.83. The Morgan fingerprint density at radius 3 is 2.55 bits per heavy atom. The van der Waals surface area contributed by atoms with Gasteiger partial charge >= 0.3 is 0 Å². The molecule has 0 saturated heterocycles. The standard InChI is InChI=1S/C16H18N4/c1-3-14(17-2)12-8-10-13(11-9-12)20-16-7-5-4-6-15(16)18-19-20/h4-11,14,17H,3H2,1-2H3. The topological polar surface area (TPSA) is 42.7 Å². The van der Waals surface area contributed by atoms with Crippen LogP contribution in [0.15, 0.2) is 48.5 Å². The first kappa shape index (κ1) is 12.8. The molecule has 0 amide bonds. The fourth-order valence-electron chi connectivity index (χ4n) is 2.51. The number of hydrogen-bond donors (Lipinski definition) is 1. The van der Waals surface area contributed by atoms with Crippen LogP contribution in [0.2, 0.25) is 0 Å². The third-order valence-electron chi connectivity index (χ3n) is 3.65. The molecule has 1 aromatic heterocycles. The van der Waals surface area contributed by atoms with Gasteiger partial charge in [-0.1, -0.05) is 36.4 Å². The van der Waals surface area contributed by atoms with Crippen molar-refractivity contribution in [1.29, 1.82) is 0 Å². The molecule has 0 aliphatic carbocycles. The van der Waals surface area contributed by atoms with Crippen LogP contribution < -0.4 is 5.32 Å². The number of para-hydroxylation sites is 1. The Balaban J connectivity index is 1.99. The number of nitrogens with one attached hydrogen (secondary N) is 1. The summed E-state index contributed by atoms with van der Waals surface area (Å²) in [5, 5.41) is 11.7. The molecule has 20 heavy (non-hydrogen) atoms. The lowest BCUT2D eigenvalue weighted by atomic mass is 10.0. The summed E-state index contributed by atoms with van der Waals surface area (Å²) in [4.78, 5) is 0. The second-order valence-corrected chi connectivity index (χ2v) is 4.83. The molecular weight excluding hydrogens is 248 g/mol. The summed E-state index contributed by atoms with van der Waals surface area (Å²) in [5.74, 6) is 0. The monoisotopic (exact) mass is 266 g/mol. The van der Waals surface area contributed by atoms with Gasteiger partial charge < -0.3 is 5.32 Å². The van der Waals surface area contributed by atoms with Crippen LogP contribution in [0.25, 0.3) is 16.7 Å². The van der Waals surface area contributed by atoms with Crippen molar-refractivity contribution in [2.45, 2.75) is 19.4 Å². The molecule has 1 atom stereocenters. The fraction of sp³-hybridized carbons (Fsp3) is 0.250. The Bertz CT molecular complexity index is 696. The van der Waals surface area contributed by atoms with Crippen LogP contribution in [0, 0.1) is 0 Å². The van der Waals surface area contributed by atoms with Crippen LogP contribution in [0.1, 0.15) is 24.9 Å². The van der Waals surface area contributed by atoms with E-state index in [1.165, 1.54) is 5.56 Å². The van der Waals surface area contributed by atoms with Crippen LogP contribution in [0.4, 0.5) is 0 Å². The molecule has 0 aliphatic rings. The van der Waals surface area contributed by atoms with Crippen molar-refractivity contribution < 1.29 is 0 Å². The number of hydrogen-bond acceptors (Lipinski definition) is 3. The minimum Gasteiger partial charge on any atom is -0.313 e. The molecule has 3 aromatic rings. The fourth-order valence-corrected chi connectivity index (χ4v) is 2.51. The first-order valence-electron chi connectivity index (χ1n) is 6.91. The van der Waals surface area contributed by atoms with Crippen LogP contribution in [0.5, 0.6) is 0 Å². The van der Waals surface area contributed by atoms with Crippen molar-refractivity contribution in [1.82, 2.24) is 20.3 Å². The van der Waals surface area contributed by atoms with E-state index in [1.54, 1.807) is 0 Å². The zero-order valence-electron chi connectivity index (χ0n) is 11.7. The number of rotatable bonds is 4. The van der Waals surface area contributed by atoms with E-state index in [0.29, 0.717) is 6.04 Å².